The fraction of sp³-hybridized carbons (Fsp3) is 0.296. The third-order valence-corrected chi connectivity index (χ3v) is 7.14. The van der Waals surface area contributed by atoms with Crippen molar-refractivity contribution in [3.63, 3.8) is 0 Å². The Labute approximate surface area is 207 Å². The maximum absolute atomic E-state index is 13.2. The van der Waals surface area contributed by atoms with Crippen LogP contribution in [-0.2, 0) is 22.0 Å². The van der Waals surface area contributed by atoms with Crippen LogP contribution in [0.5, 0.6) is 11.5 Å². The smallest absolute Gasteiger partial charge is 0.262 e. The van der Waals surface area contributed by atoms with Crippen molar-refractivity contribution in [1.29, 1.82) is 0 Å². The molecule has 0 fully saturated rings. The number of benzene rings is 3. The highest BCUT2D eigenvalue weighted by Crippen LogP contribution is 2.29. The van der Waals surface area contributed by atoms with Gasteiger partial charge in [-0.25, -0.2) is 8.42 Å². The predicted molar refractivity (Wildman–Crippen MR) is 138 cm³/mol. The van der Waals surface area contributed by atoms with Gasteiger partial charge < -0.3 is 14.8 Å². The number of rotatable bonds is 8. The van der Waals surface area contributed by atoms with Crippen molar-refractivity contribution in [2.45, 2.75) is 44.6 Å². The first-order valence-corrected chi connectivity index (χ1v) is 12.7. The molecule has 0 aromatic heterocycles. The molecular weight excluding hydrogens is 464 g/mol. The summed E-state index contributed by atoms with van der Waals surface area (Å²) in [4.78, 5) is 13.0. The van der Waals surface area contributed by atoms with E-state index in [9.17, 15) is 13.2 Å². The third kappa shape index (κ3) is 6.33. The van der Waals surface area contributed by atoms with Gasteiger partial charge in [0.05, 0.1) is 19.1 Å². The normalized spacial score (nSPS) is 11.6. The summed E-state index contributed by atoms with van der Waals surface area (Å²) in [6.07, 6.45) is 0. The molecule has 0 radical (unpaired) electrons. The molecule has 0 bridgehead atoms. The van der Waals surface area contributed by atoms with Gasteiger partial charge in [-0.1, -0.05) is 45.0 Å². The number of methoxy groups -OCH3 is 2. The molecule has 1 amide bonds. The first-order chi connectivity index (χ1) is 16.4. The van der Waals surface area contributed by atoms with Gasteiger partial charge >= 0.3 is 0 Å². The van der Waals surface area contributed by atoms with E-state index in [-0.39, 0.29) is 22.8 Å². The first-order valence-electron chi connectivity index (χ1n) is 11.2. The van der Waals surface area contributed by atoms with E-state index in [1.165, 1.54) is 6.07 Å². The van der Waals surface area contributed by atoms with E-state index in [2.05, 4.69) is 10.0 Å². The van der Waals surface area contributed by atoms with Crippen LogP contribution in [0.25, 0.3) is 0 Å². The number of hydrogen-bond acceptors (Lipinski definition) is 5. The molecule has 0 heterocycles. The van der Waals surface area contributed by atoms with Crippen molar-refractivity contribution in [3.8, 4) is 11.5 Å². The highest BCUT2D eigenvalue weighted by atomic mass is 32.2. The van der Waals surface area contributed by atoms with Gasteiger partial charge in [0, 0.05) is 17.8 Å². The van der Waals surface area contributed by atoms with E-state index in [1.807, 2.05) is 39.0 Å². The van der Waals surface area contributed by atoms with Crippen LogP contribution in [0, 0.1) is 6.92 Å². The molecule has 0 saturated carbocycles. The molecule has 0 aliphatic carbocycles. The van der Waals surface area contributed by atoms with E-state index in [4.69, 9.17) is 9.47 Å². The molecule has 35 heavy (non-hydrogen) atoms. The van der Waals surface area contributed by atoms with Crippen LogP contribution in [0.2, 0.25) is 0 Å². The summed E-state index contributed by atoms with van der Waals surface area (Å²) in [5.41, 5.74) is 2.86. The SMILES string of the molecule is COc1ccc(CNC(=O)c2cccc(NS(=O)(=O)c3cc(C(C)(C)C)ccc3C)c2)cc1OC. The molecule has 0 aliphatic rings. The molecule has 2 N–H and O–H groups in total. The summed E-state index contributed by atoms with van der Waals surface area (Å²) in [6, 6.07) is 17.3. The minimum absolute atomic E-state index is 0.191. The Morgan fingerprint density at radius 2 is 1.63 bits per heavy atom. The Balaban J connectivity index is 1.76. The zero-order valence-corrected chi connectivity index (χ0v) is 21.7. The number of hydrogen-bond donors (Lipinski definition) is 2. The number of amides is 1. The summed E-state index contributed by atoms with van der Waals surface area (Å²) >= 11 is 0. The summed E-state index contributed by atoms with van der Waals surface area (Å²) < 4.78 is 39.5. The third-order valence-electron chi connectivity index (χ3n) is 5.62. The molecule has 3 rings (SSSR count). The van der Waals surface area contributed by atoms with E-state index in [0.717, 1.165) is 11.1 Å². The first kappa shape index (κ1) is 26.1. The van der Waals surface area contributed by atoms with Crippen molar-refractivity contribution < 1.29 is 22.7 Å². The summed E-state index contributed by atoms with van der Waals surface area (Å²) in [7, 11) is -0.738. The van der Waals surface area contributed by atoms with Crippen LogP contribution in [0.3, 0.4) is 0 Å². The van der Waals surface area contributed by atoms with Crippen LogP contribution < -0.4 is 19.5 Å². The van der Waals surface area contributed by atoms with E-state index < -0.39 is 10.0 Å². The lowest BCUT2D eigenvalue weighted by molar-refractivity contribution is 0.0951. The number of anilines is 1. The zero-order valence-electron chi connectivity index (χ0n) is 20.9. The van der Waals surface area contributed by atoms with Gasteiger partial charge in [0.1, 0.15) is 0 Å². The van der Waals surface area contributed by atoms with Gasteiger partial charge in [-0.15, -0.1) is 0 Å². The van der Waals surface area contributed by atoms with Crippen LogP contribution in [0.15, 0.2) is 65.6 Å². The van der Waals surface area contributed by atoms with Gasteiger partial charge in [-0.2, -0.15) is 0 Å². The highest BCUT2D eigenvalue weighted by Gasteiger charge is 2.22. The fourth-order valence-corrected chi connectivity index (χ4v) is 4.89. The van der Waals surface area contributed by atoms with Crippen molar-refractivity contribution in [1.82, 2.24) is 5.32 Å². The summed E-state index contributed by atoms with van der Waals surface area (Å²) in [5.74, 6) is 0.846. The number of nitrogens with one attached hydrogen (secondary N) is 2. The molecule has 7 nitrogen and oxygen atoms in total. The Kier molecular flexibility index (Phi) is 7.75. The average molecular weight is 497 g/mol. The lowest BCUT2D eigenvalue weighted by Crippen LogP contribution is -2.23. The van der Waals surface area contributed by atoms with E-state index in [1.54, 1.807) is 57.5 Å². The van der Waals surface area contributed by atoms with Crippen LogP contribution in [0.4, 0.5) is 5.69 Å². The maximum atomic E-state index is 13.2. The Morgan fingerprint density at radius 3 is 2.29 bits per heavy atom. The van der Waals surface area contributed by atoms with Crippen molar-refractivity contribution >= 4 is 21.6 Å². The summed E-state index contributed by atoms with van der Waals surface area (Å²) in [5, 5.41) is 2.85. The number of ether oxygens (including phenoxy) is 2. The summed E-state index contributed by atoms with van der Waals surface area (Å²) in [6.45, 7) is 8.13. The number of aryl methyl sites for hydroxylation is 1. The second-order valence-electron chi connectivity index (χ2n) is 9.29. The topological polar surface area (TPSA) is 93.7 Å². The fourth-order valence-electron chi connectivity index (χ4n) is 3.57. The standard InChI is InChI=1S/C27H32N2O5S/c1-18-10-12-21(27(2,3)4)16-25(18)35(31,32)29-22-9-7-8-20(15-22)26(30)28-17-19-11-13-23(33-5)24(14-19)34-6/h7-16,29H,17H2,1-6H3,(H,28,30). The lowest BCUT2D eigenvalue weighted by atomic mass is 9.87. The molecule has 8 heteroatoms. The van der Waals surface area contributed by atoms with Gasteiger partial charge in [0.2, 0.25) is 0 Å². The molecule has 186 valence electrons. The Morgan fingerprint density at radius 1 is 0.914 bits per heavy atom. The number of carbonyl (C=O) groups is 1. The highest BCUT2D eigenvalue weighted by molar-refractivity contribution is 7.92. The largest absolute Gasteiger partial charge is 0.493 e. The minimum Gasteiger partial charge on any atom is -0.493 e. The predicted octanol–water partition coefficient (Wildman–Crippen LogP) is 5.04. The average Bonchev–Trinajstić information content (AvgIpc) is 2.81. The Hall–Kier alpha value is -3.52. The van der Waals surface area contributed by atoms with Crippen molar-refractivity contribution in [2.24, 2.45) is 0 Å². The molecule has 0 atom stereocenters. The van der Waals surface area contributed by atoms with Crippen LogP contribution in [-0.4, -0.2) is 28.5 Å². The second kappa shape index (κ2) is 10.4. The quantitative estimate of drug-likeness (QED) is 0.456. The van der Waals surface area contributed by atoms with Crippen molar-refractivity contribution in [3.05, 3.63) is 82.9 Å². The van der Waals surface area contributed by atoms with E-state index in [0.29, 0.717) is 28.3 Å². The molecule has 0 spiro atoms. The van der Waals surface area contributed by atoms with Crippen LogP contribution >= 0.6 is 0 Å². The number of carbonyl (C=O) groups excluding carboxylic acids is 1. The zero-order chi connectivity index (χ0) is 25.8. The second-order valence-corrected chi connectivity index (χ2v) is 10.9. The van der Waals surface area contributed by atoms with E-state index >= 15 is 0 Å². The molecule has 3 aromatic carbocycles. The molecule has 0 saturated heterocycles. The van der Waals surface area contributed by atoms with Gasteiger partial charge in [-0.3, -0.25) is 9.52 Å². The monoisotopic (exact) mass is 496 g/mol. The number of sulfonamides is 1. The molecule has 3 aromatic rings. The molecule has 0 aliphatic heterocycles. The van der Waals surface area contributed by atoms with Crippen molar-refractivity contribution in [2.75, 3.05) is 18.9 Å². The lowest BCUT2D eigenvalue weighted by Gasteiger charge is -2.21. The van der Waals surface area contributed by atoms with Gasteiger partial charge in [0.25, 0.3) is 15.9 Å². The molecular formula is C27H32N2O5S. The van der Waals surface area contributed by atoms with Crippen LogP contribution in [0.1, 0.15) is 47.8 Å². The minimum atomic E-state index is -3.85. The maximum Gasteiger partial charge on any atom is 0.262 e. The van der Waals surface area contributed by atoms with Gasteiger partial charge in [-0.05, 0) is 65.4 Å². The Bertz CT molecular complexity index is 1330. The van der Waals surface area contributed by atoms with Gasteiger partial charge in [0.15, 0.2) is 11.5 Å². The molecule has 0 unspecified atom stereocenters.